The van der Waals surface area contributed by atoms with Crippen molar-refractivity contribution in [3.8, 4) is 0 Å². The second-order valence-corrected chi connectivity index (χ2v) is 6.63. The van der Waals surface area contributed by atoms with E-state index in [2.05, 4.69) is 36.3 Å². The number of rotatable bonds is 2. The van der Waals surface area contributed by atoms with Crippen LogP contribution in [0.5, 0.6) is 0 Å². The Bertz CT molecular complexity index is 546. The van der Waals surface area contributed by atoms with Crippen LogP contribution in [0.1, 0.15) is 44.0 Å². The molecule has 0 aromatic carbocycles. The van der Waals surface area contributed by atoms with Gasteiger partial charge in [-0.25, -0.2) is 5.43 Å². The number of hydrogen-bond donors (Lipinski definition) is 1. The number of pyridine rings is 1. The summed E-state index contributed by atoms with van der Waals surface area (Å²) in [4.78, 5) is 15.9. The first-order chi connectivity index (χ1) is 9.50. The summed E-state index contributed by atoms with van der Waals surface area (Å²) in [6.07, 6.45) is 5.48. The van der Waals surface area contributed by atoms with Crippen LogP contribution < -0.4 is 5.43 Å². The number of aromatic nitrogens is 1. The number of amides is 1. The highest BCUT2D eigenvalue weighted by Crippen LogP contribution is 2.57. The van der Waals surface area contributed by atoms with Crippen molar-refractivity contribution >= 4 is 11.6 Å². The van der Waals surface area contributed by atoms with Crippen molar-refractivity contribution in [1.29, 1.82) is 0 Å². The lowest BCUT2D eigenvalue weighted by atomic mass is 9.69. The van der Waals surface area contributed by atoms with E-state index < -0.39 is 0 Å². The molecule has 0 spiro atoms. The molecule has 0 aliphatic heterocycles. The summed E-state index contributed by atoms with van der Waals surface area (Å²) in [5.41, 5.74) is 4.87. The number of fused-ring (bicyclic) bond motifs is 2. The van der Waals surface area contributed by atoms with Gasteiger partial charge in [-0.05, 0) is 42.2 Å². The van der Waals surface area contributed by atoms with Gasteiger partial charge in [-0.3, -0.25) is 9.78 Å². The summed E-state index contributed by atoms with van der Waals surface area (Å²) in [7, 11) is 0. The van der Waals surface area contributed by atoms with E-state index in [1.807, 2.05) is 0 Å². The van der Waals surface area contributed by atoms with Crippen molar-refractivity contribution in [3.63, 3.8) is 0 Å². The Balaban J connectivity index is 1.69. The minimum atomic E-state index is -0.158. The highest BCUT2D eigenvalue weighted by molar-refractivity contribution is 5.96. The van der Waals surface area contributed by atoms with Gasteiger partial charge in [0.1, 0.15) is 0 Å². The van der Waals surface area contributed by atoms with Crippen LogP contribution in [0.25, 0.3) is 0 Å². The monoisotopic (exact) mass is 271 g/mol. The molecule has 2 aliphatic carbocycles. The van der Waals surface area contributed by atoms with Crippen LogP contribution in [0.15, 0.2) is 29.6 Å². The standard InChI is InChI=1S/C16H21N3O/c1-10-13-8-12(16(10,2)3)9-14(13)18-19-15(20)11-4-6-17-7-5-11/h4-7,10,12-13H,8-9H2,1-3H3,(H,19,20)/b18-14-/t10-,12-,13-/m0/s1. The molecule has 4 nitrogen and oxygen atoms in total. The third-order valence-electron chi connectivity index (χ3n) is 5.49. The lowest BCUT2D eigenvalue weighted by Gasteiger charge is -2.36. The van der Waals surface area contributed by atoms with E-state index in [9.17, 15) is 4.79 Å². The molecular weight excluding hydrogens is 250 g/mol. The molecule has 2 fully saturated rings. The summed E-state index contributed by atoms with van der Waals surface area (Å²) >= 11 is 0. The average Bonchev–Trinajstić information content (AvgIpc) is 2.97. The summed E-state index contributed by atoms with van der Waals surface area (Å²) in [6, 6.07) is 3.39. The maximum Gasteiger partial charge on any atom is 0.271 e. The smallest absolute Gasteiger partial charge is 0.267 e. The molecule has 1 aromatic heterocycles. The SMILES string of the molecule is C[C@H]1[C@@H]2C[C@@H](C/C2=N/NC(=O)c2ccncc2)C1(C)C. The Morgan fingerprint density at radius 3 is 2.70 bits per heavy atom. The average molecular weight is 271 g/mol. The number of hydrogen-bond acceptors (Lipinski definition) is 3. The Morgan fingerprint density at radius 2 is 2.10 bits per heavy atom. The van der Waals surface area contributed by atoms with E-state index in [0.29, 0.717) is 28.7 Å². The van der Waals surface area contributed by atoms with E-state index in [1.165, 1.54) is 12.1 Å². The number of carbonyl (C=O) groups excluding carboxylic acids is 1. The summed E-state index contributed by atoms with van der Waals surface area (Å²) < 4.78 is 0. The fourth-order valence-corrected chi connectivity index (χ4v) is 3.70. The normalized spacial score (nSPS) is 32.5. The Labute approximate surface area is 119 Å². The molecule has 2 bridgehead atoms. The molecule has 1 aromatic rings. The second-order valence-electron chi connectivity index (χ2n) is 6.63. The van der Waals surface area contributed by atoms with Crippen LogP contribution in [-0.4, -0.2) is 16.6 Å². The summed E-state index contributed by atoms with van der Waals surface area (Å²) in [6.45, 7) is 7.02. The first-order valence-electron chi connectivity index (χ1n) is 7.27. The zero-order valence-electron chi connectivity index (χ0n) is 12.3. The van der Waals surface area contributed by atoms with Gasteiger partial charge in [0.2, 0.25) is 0 Å². The maximum atomic E-state index is 12.0. The third-order valence-corrected chi connectivity index (χ3v) is 5.49. The quantitative estimate of drug-likeness (QED) is 0.841. The minimum absolute atomic E-state index is 0.158. The van der Waals surface area contributed by atoms with Crippen molar-refractivity contribution in [2.75, 3.05) is 0 Å². The van der Waals surface area contributed by atoms with Crippen LogP contribution in [-0.2, 0) is 0 Å². The predicted octanol–water partition coefficient (Wildman–Crippen LogP) is 2.87. The molecule has 1 heterocycles. The third kappa shape index (κ3) is 2.03. The van der Waals surface area contributed by atoms with Gasteiger partial charge in [-0.15, -0.1) is 0 Å². The second kappa shape index (κ2) is 4.69. The van der Waals surface area contributed by atoms with Crippen LogP contribution in [0.3, 0.4) is 0 Å². The molecule has 20 heavy (non-hydrogen) atoms. The van der Waals surface area contributed by atoms with Gasteiger partial charge < -0.3 is 0 Å². The van der Waals surface area contributed by atoms with E-state index >= 15 is 0 Å². The number of carbonyl (C=O) groups is 1. The highest BCUT2D eigenvalue weighted by atomic mass is 16.2. The van der Waals surface area contributed by atoms with Gasteiger partial charge in [0.15, 0.2) is 0 Å². The Morgan fingerprint density at radius 1 is 1.40 bits per heavy atom. The first kappa shape index (κ1) is 13.3. The van der Waals surface area contributed by atoms with Crippen molar-refractivity contribution in [1.82, 2.24) is 10.4 Å². The van der Waals surface area contributed by atoms with Gasteiger partial charge in [0, 0.05) is 29.6 Å². The fourth-order valence-electron chi connectivity index (χ4n) is 3.70. The van der Waals surface area contributed by atoms with E-state index in [0.717, 1.165) is 6.42 Å². The van der Waals surface area contributed by atoms with Gasteiger partial charge in [0.25, 0.3) is 5.91 Å². The fraction of sp³-hybridized carbons (Fsp3) is 0.562. The lowest BCUT2D eigenvalue weighted by molar-refractivity contribution is 0.0954. The van der Waals surface area contributed by atoms with Crippen molar-refractivity contribution < 1.29 is 4.79 Å². The predicted molar refractivity (Wildman–Crippen MR) is 78.3 cm³/mol. The number of nitrogens with zero attached hydrogens (tertiary/aromatic N) is 2. The molecular formula is C16H21N3O. The molecule has 1 N–H and O–H groups in total. The minimum Gasteiger partial charge on any atom is -0.267 e. The zero-order valence-corrected chi connectivity index (χ0v) is 12.3. The molecule has 4 heteroatoms. The number of nitrogens with one attached hydrogen (secondary N) is 1. The lowest BCUT2D eigenvalue weighted by Crippen LogP contribution is -2.34. The number of hydrazone groups is 1. The zero-order chi connectivity index (χ0) is 14.3. The van der Waals surface area contributed by atoms with Crippen LogP contribution >= 0.6 is 0 Å². The molecule has 2 saturated carbocycles. The van der Waals surface area contributed by atoms with Crippen LogP contribution in [0.2, 0.25) is 0 Å². The molecule has 3 rings (SSSR count). The first-order valence-corrected chi connectivity index (χ1v) is 7.27. The molecule has 106 valence electrons. The molecule has 0 saturated heterocycles. The van der Waals surface area contributed by atoms with Crippen LogP contribution in [0.4, 0.5) is 0 Å². The molecule has 3 atom stereocenters. The molecule has 0 radical (unpaired) electrons. The Hall–Kier alpha value is -1.71. The molecule has 0 unspecified atom stereocenters. The van der Waals surface area contributed by atoms with Crippen molar-refractivity contribution in [2.24, 2.45) is 28.3 Å². The largest absolute Gasteiger partial charge is 0.271 e. The van der Waals surface area contributed by atoms with Gasteiger partial charge in [0.05, 0.1) is 0 Å². The van der Waals surface area contributed by atoms with E-state index in [1.54, 1.807) is 24.5 Å². The van der Waals surface area contributed by atoms with Crippen LogP contribution in [0, 0.1) is 23.2 Å². The Kier molecular flexibility index (Phi) is 3.11. The van der Waals surface area contributed by atoms with E-state index in [-0.39, 0.29) is 5.91 Å². The van der Waals surface area contributed by atoms with Gasteiger partial charge >= 0.3 is 0 Å². The summed E-state index contributed by atoms with van der Waals surface area (Å²) in [5.74, 6) is 1.72. The van der Waals surface area contributed by atoms with Gasteiger partial charge in [-0.2, -0.15) is 5.10 Å². The maximum absolute atomic E-state index is 12.0. The van der Waals surface area contributed by atoms with Crippen molar-refractivity contribution in [2.45, 2.75) is 33.6 Å². The van der Waals surface area contributed by atoms with Gasteiger partial charge in [-0.1, -0.05) is 20.8 Å². The molecule has 2 aliphatic rings. The topological polar surface area (TPSA) is 54.4 Å². The van der Waals surface area contributed by atoms with E-state index in [4.69, 9.17) is 0 Å². The van der Waals surface area contributed by atoms with Crippen molar-refractivity contribution in [3.05, 3.63) is 30.1 Å². The molecule has 1 amide bonds. The summed E-state index contributed by atoms with van der Waals surface area (Å²) in [5, 5.41) is 4.39. The highest BCUT2D eigenvalue weighted by Gasteiger charge is 2.53.